The predicted molar refractivity (Wildman–Crippen MR) is 86.5 cm³/mol. The van der Waals surface area contributed by atoms with Gasteiger partial charge in [0.1, 0.15) is 16.5 Å². The van der Waals surface area contributed by atoms with Crippen molar-refractivity contribution in [1.29, 1.82) is 0 Å². The van der Waals surface area contributed by atoms with E-state index in [2.05, 4.69) is 5.32 Å². The van der Waals surface area contributed by atoms with Crippen molar-refractivity contribution in [3.8, 4) is 5.75 Å². The number of benzene rings is 1. The van der Waals surface area contributed by atoms with Crippen LogP contribution in [0.5, 0.6) is 5.75 Å². The summed E-state index contributed by atoms with van der Waals surface area (Å²) in [6.45, 7) is 0. The Labute approximate surface area is 137 Å². The third-order valence-electron chi connectivity index (χ3n) is 2.92. The Kier molecular flexibility index (Phi) is 5.02. The number of nitrogens with two attached hydrogens (primary N) is 1. The Balaban J connectivity index is 2.11. The summed E-state index contributed by atoms with van der Waals surface area (Å²) in [6, 6.07) is 7.17. The SMILES string of the molecule is COc1ccc(S(=O)(=O)CC(=O)Nc2sccc2C(N)=O)cc1. The lowest BCUT2D eigenvalue weighted by Gasteiger charge is -2.07. The van der Waals surface area contributed by atoms with Crippen LogP contribution >= 0.6 is 11.3 Å². The van der Waals surface area contributed by atoms with Crippen molar-refractivity contribution in [2.24, 2.45) is 5.73 Å². The second-order valence-corrected chi connectivity index (χ2v) is 7.42. The van der Waals surface area contributed by atoms with Gasteiger partial charge >= 0.3 is 0 Å². The van der Waals surface area contributed by atoms with Crippen molar-refractivity contribution in [3.05, 3.63) is 41.3 Å². The molecule has 0 unspecified atom stereocenters. The van der Waals surface area contributed by atoms with Crippen LogP contribution in [0.4, 0.5) is 5.00 Å². The highest BCUT2D eigenvalue weighted by atomic mass is 32.2. The molecular weight excluding hydrogens is 340 g/mol. The number of ether oxygens (including phenoxy) is 1. The van der Waals surface area contributed by atoms with Crippen LogP contribution in [-0.4, -0.2) is 33.1 Å². The first-order chi connectivity index (χ1) is 10.8. The molecule has 7 nitrogen and oxygen atoms in total. The zero-order valence-electron chi connectivity index (χ0n) is 12.1. The van der Waals surface area contributed by atoms with Crippen LogP contribution in [0.1, 0.15) is 10.4 Å². The smallest absolute Gasteiger partial charge is 0.251 e. The maximum Gasteiger partial charge on any atom is 0.251 e. The first kappa shape index (κ1) is 17.0. The maximum absolute atomic E-state index is 12.2. The number of hydrogen-bond donors (Lipinski definition) is 2. The van der Waals surface area contributed by atoms with Crippen molar-refractivity contribution < 1.29 is 22.7 Å². The molecule has 2 rings (SSSR count). The lowest BCUT2D eigenvalue weighted by Crippen LogP contribution is -2.24. The van der Waals surface area contributed by atoms with Crippen molar-refractivity contribution in [1.82, 2.24) is 0 Å². The minimum absolute atomic E-state index is 0.00903. The van der Waals surface area contributed by atoms with Crippen LogP contribution in [0.15, 0.2) is 40.6 Å². The van der Waals surface area contributed by atoms with Gasteiger partial charge in [-0.05, 0) is 35.7 Å². The standard InChI is InChI=1S/C14H14N2O5S2/c1-21-9-2-4-10(5-3-9)23(19,20)8-12(17)16-14-11(13(15)18)6-7-22-14/h2-7H,8H2,1H3,(H2,15,18)(H,16,17). The molecule has 2 aromatic rings. The lowest BCUT2D eigenvalue weighted by atomic mass is 10.3. The molecule has 0 saturated heterocycles. The molecule has 0 spiro atoms. The largest absolute Gasteiger partial charge is 0.497 e. The Morgan fingerprint density at radius 3 is 2.43 bits per heavy atom. The second-order valence-electron chi connectivity index (χ2n) is 4.51. The molecule has 2 amide bonds. The molecule has 1 aromatic carbocycles. The fraction of sp³-hybridized carbons (Fsp3) is 0.143. The summed E-state index contributed by atoms with van der Waals surface area (Å²) in [5.41, 5.74) is 5.31. The van der Waals surface area contributed by atoms with Crippen molar-refractivity contribution >= 4 is 38.0 Å². The van der Waals surface area contributed by atoms with Gasteiger partial charge in [0.25, 0.3) is 5.91 Å². The molecule has 0 bridgehead atoms. The van der Waals surface area contributed by atoms with Gasteiger partial charge in [-0.25, -0.2) is 8.42 Å². The number of methoxy groups -OCH3 is 1. The van der Waals surface area contributed by atoms with Gasteiger partial charge in [0.15, 0.2) is 9.84 Å². The number of carbonyl (C=O) groups is 2. The van der Waals surface area contributed by atoms with Gasteiger partial charge in [-0.1, -0.05) is 0 Å². The summed E-state index contributed by atoms with van der Waals surface area (Å²) in [4.78, 5) is 23.1. The number of carbonyl (C=O) groups excluding carboxylic acids is 2. The second kappa shape index (κ2) is 6.80. The average molecular weight is 354 g/mol. The van der Waals surface area contributed by atoms with E-state index < -0.39 is 27.4 Å². The van der Waals surface area contributed by atoms with E-state index in [9.17, 15) is 18.0 Å². The molecule has 0 aliphatic carbocycles. The van der Waals surface area contributed by atoms with Crippen molar-refractivity contribution in [3.63, 3.8) is 0 Å². The Hall–Kier alpha value is -2.39. The quantitative estimate of drug-likeness (QED) is 0.810. The normalized spacial score (nSPS) is 11.0. The summed E-state index contributed by atoms with van der Waals surface area (Å²) in [5, 5.41) is 4.20. The van der Waals surface area contributed by atoms with E-state index in [1.54, 1.807) is 5.38 Å². The van der Waals surface area contributed by atoms with Crippen LogP contribution < -0.4 is 15.8 Å². The van der Waals surface area contributed by atoms with Gasteiger partial charge in [-0.15, -0.1) is 11.3 Å². The highest BCUT2D eigenvalue weighted by Gasteiger charge is 2.21. The molecule has 0 aliphatic heterocycles. The Morgan fingerprint density at radius 2 is 1.87 bits per heavy atom. The monoisotopic (exact) mass is 354 g/mol. The summed E-state index contributed by atoms with van der Waals surface area (Å²) in [5.74, 6) is -1.67. The fourth-order valence-electron chi connectivity index (χ4n) is 1.80. The summed E-state index contributed by atoms with van der Waals surface area (Å²) in [7, 11) is -2.33. The van der Waals surface area contributed by atoms with Crippen molar-refractivity contribution in [2.75, 3.05) is 18.2 Å². The van der Waals surface area contributed by atoms with Crippen LogP contribution in [0.25, 0.3) is 0 Å². The number of anilines is 1. The molecule has 0 atom stereocenters. The van der Waals surface area contributed by atoms with E-state index in [1.807, 2.05) is 0 Å². The minimum atomic E-state index is -3.80. The third kappa shape index (κ3) is 4.08. The minimum Gasteiger partial charge on any atom is -0.497 e. The van der Waals surface area contributed by atoms with Gasteiger partial charge in [0.2, 0.25) is 5.91 Å². The summed E-state index contributed by atoms with van der Waals surface area (Å²) < 4.78 is 29.4. The number of sulfone groups is 1. The van der Waals surface area contributed by atoms with Crippen molar-refractivity contribution in [2.45, 2.75) is 4.90 Å². The number of hydrogen-bond acceptors (Lipinski definition) is 6. The van der Waals surface area contributed by atoms with Crippen LogP contribution in [0.2, 0.25) is 0 Å². The van der Waals surface area contributed by atoms with E-state index in [4.69, 9.17) is 10.5 Å². The molecule has 0 saturated carbocycles. The summed E-state index contributed by atoms with van der Waals surface area (Å²) in [6.07, 6.45) is 0. The Bertz CT molecular complexity index is 825. The molecule has 3 N–H and O–H groups in total. The first-order valence-electron chi connectivity index (χ1n) is 6.37. The lowest BCUT2D eigenvalue weighted by molar-refractivity contribution is -0.113. The molecular formula is C14H14N2O5S2. The molecule has 1 aromatic heterocycles. The molecule has 1 heterocycles. The van der Waals surface area contributed by atoms with Crippen LogP contribution in [0, 0.1) is 0 Å². The van der Waals surface area contributed by atoms with E-state index in [0.29, 0.717) is 5.75 Å². The fourth-order valence-corrected chi connectivity index (χ4v) is 3.75. The predicted octanol–water partition coefficient (Wildman–Crippen LogP) is 1.27. The number of thiophene rings is 1. The van der Waals surface area contributed by atoms with Gasteiger partial charge in [0.05, 0.1) is 17.6 Å². The van der Waals surface area contributed by atoms with E-state index >= 15 is 0 Å². The van der Waals surface area contributed by atoms with Gasteiger partial charge in [-0.3, -0.25) is 9.59 Å². The highest BCUT2D eigenvalue weighted by Crippen LogP contribution is 2.23. The number of primary amides is 1. The average Bonchev–Trinajstić information content (AvgIpc) is 2.95. The summed E-state index contributed by atoms with van der Waals surface area (Å²) >= 11 is 1.09. The number of nitrogens with one attached hydrogen (secondary N) is 1. The van der Waals surface area contributed by atoms with Gasteiger partial charge < -0.3 is 15.8 Å². The topological polar surface area (TPSA) is 116 Å². The van der Waals surface area contributed by atoms with Crippen LogP contribution in [0.3, 0.4) is 0 Å². The maximum atomic E-state index is 12.2. The van der Waals surface area contributed by atoms with E-state index in [0.717, 1.165) is 11.3 Å². The Morgan fingerprint density at radius 1 is 1.22 bits per heavy atom. The number of amides is 2. The van der Waals surface area contributed by atoms with E-state index in [-0.39, 0.29) is 15.5 Å². The van der Waals surface area contributed by atoms with Gasteiger partial charge in [0, 0.05) is 0 Å². The molecule has 0 aliphatic rings. The highest BCUT2D eigenvalue weighted by molar-refractivity contribution is 7.92. The molecule has 122 valence electrons. The molecule has 0 radical (unpaired) electrons. The molecule has 0 fully saturated rings. The first-order valence-corrected chi connectivity index (χ1v) is 8.90. The zero-order valence-corrected chi connectivity index (χ0v) is 13.7. The third-order valence-corrected chi connectivity index (χ3v) is 5.39. The molecule has 9 heteroatoms. The van der Waals surface area contributed by atoms with E-state index in [1.165, 1.54) is 37.4 Å². The number of rotatable bonds is 6. The molecule has 23 heavy (non-hydrogen) atoms. The van der Waals surface area contributed by atoms with Crippen LogP contribution in [-0.2, 0) is 14.6 Å². The zero-order chi connectivity index (χ0) is 17.0. The van der Waals surface area contributed by atoms with Gasteiger partial charge in [-0.2, -0.15) is 0 Å².